The van der Waals surface area contributed by atoms with E-state index in [2.05, 4.69) is 25.1 Å². The van der Waals surface area contributed by atoms with Crippen LogP contribution in [0.15, 0.2) is 27.8 Å². The molecule has 22 heavy (non-hydrogen) atoms. The first-order chi connectivity index (χ1) is 10.3. The zero-order valence-corrected chi connectivity index (χ0v) is 12.2. The van der Waals surface area contributed by atoms with E-state index >= 15 is 0 Å². The Hall–Kier alpha value is -2.59. The number of H-pyrrole nitrogens is 2. The minimum Gasteiger partial charge on any atom is -0.320 e. The molecule has 0 aliphatic rings. The van der Waals surface area contributed by atoms with Gasteiger partial charge in [-0.25, -0.2) is 13.1 Å². The molecule has 0 saturated carbocycles. The number of aromatic nitrogens is 4. The van der Waals surface area contributed by atoms with Crippen LogP contribution in [0.1, 0.15) is 5.56 Å². The Balaban J connectivity index is 2.23. The number of nitrogens with one attached hydrogen (secondary N) is 3. The fraction of sp³-hybridized carbons (Fsp3) is 0.167. The van der Waals surface area contributed by atoms with Gasteiger partial charge in [-0.3, -0.25) is 14.7 Å². The van der Waals surface area contributed by atoms with E-state index in [0.717, 1.165) is 6.26 Å². The number of sulfonamides is 1. The van der Waals surface area contributed by atoms with Gasteiger partial charge in [0.05, 0.1) is 11.8 Å². The molecule has 0 amide bonds. The van der Waals surface area contributed by atoms with Crippen molar-refractivity contribution in [3.05, 3.63) is 44.3 Å². The van der Waals surface area contributed by atoms with Crippen LogP contribution in [0.2, 0.25) is 0 Å². The van der Waals surface area contributed by atoms with Crippen molar-refractivity contribution >= 4 is 32.0 Å². The Bertz CT molecular complexity index is 1100. The first kappa shape index (κ1) is 14.4. The van der Waals surface area contributed by atoms with Crippen molar-refractivity contribution in [1.29, 1.82) is 0 Å². The summed E-state index contributed by atoms with van der Waals surface area (Å²) < 4.78 is 24.6. The molecule has 0 radical (unpaired) electrons. The molecule has 1 aromatic carbocycles. The summed E-state index contributed by atoms with van der Waals surface area (Å²) in [7, 11) is -3.33. The van der Waals surface area contributed by atoms with E-state index in [1.165, 1.54) is 6.07 Å². The van der Waals surface area contributed by atoms with Crippen LogP contribution < -0.4 is 15.7 Å². The molecule has 0 bridgehead atoms. The van der Waals surface area contributed by atoms with Crippen molar-refractivity contribution in [2.45, 2.75) is 6.54 Å². The largest absolute Gasteiger partial charge is 0.320 e. The third-order valence-electron chi connectivity index (χ3n) is 3.11. The number of hydrogen-bond donors (Lipinski definition) is 3. The van der Waals surface area contributed by atoms with E-state index in [0.29, 0.717) is 11.1 Å². The van der Waals surface area contributed by atoms with E-state index in [9.17, 15) is 18.0 Å². The molecule has 2 heterocycles. The summed E-state index contributed by atoms with van der Waals surface area (Å²) >= 11 is 0. The first-order valence-corrected chi connectivity index (χ1v) is 8.09. The maximum absolute atomic E-state index is 12.3. The molecule has 3 aromatic rings. The number of benzene rings is 1. The van der Waals surface area contributed by atoms with Crippen molar-refractivity contribution in [1.82, 2.24) is 25.1 Å². The third kappa shape index (κ3) is 2.61. The third-order valence-corrected chi connectivity index (χ3v) is 3.77. The summed E-state index contributed by atoms with van der Waals surface area (Å²) in [4.78, 5) is 26.9. The lowest BCUT2D eigenvalue weighted by atomic mass is 10.1. The molecule has 3 rings (SSSR count). The van der Waals surface area contributed by atoms with E-state index in [1.54, 1.807) is 12.1 Å². The molecule has 0 spiro atoms. The predicted molar refractivity (Wildman–Crippen MR) is 80.0 cm³/mol. The summed E-state index contributed by atoms with van der Waals surface area (Å²) in [6.45, 7) is 0.0568. The average molecular weight is 321 g/mol. The van der Waals surface area contributed by atoms with Crippen LogP contribution in [-0.2, 0) is 16.6 Å². The number of fused-ring (bicyclic) bond motifs is 2. The normalized spacial score (nSPS) is 12.0. The summed E-state index contributed by atoms with van der Waals surface area (Å²) in [5, 5.41) is 9.75. The van der Waals surface area contributed by atoms with Crippen molar-refractivity contribution in [3.63, 3.8) is 0 Å². The molecule has 0 aliphatic carbocycles. The SMILES string of the molecule is CS(=O)(=O)NCc1ccc2c(=O)c3[nH]nnc3c(=O)[nH]c2c1. The lowest BCUT2D eigenvalue weighted by molar-refractivity contribution is 0.587. The van der Waals surface area contributed by atoms with Crippen molar-refractivity contribution in [2.24, 2.45) is 0 Å². The van der Waals surface area contributed by atoms with Crippen molar-refractivity contribution in [2.75, 3.05) is 6.26 Å². The molecule has 0 saturated heterocycles. The van der Waals surface area contributed by atoms with Gasteiger partial charge < -0.3 is 4.98 Å². The smallest absolute Gasteiger partial charge is 0.278 e. The molecule has 114 valence electrons. The summed E-state index contributed by atoms with van der Waals surface area (Å²) in [5.74, 6) is 0. The zero-order valence-electron chi connectivity index (χ0n) is 11.4. The molecule has 3 N–H and O–H groups in total. The Morgan fingerprint density at radius 3 is 2.77 bits per heavy atom. The standard InChI is InChI=1S/C12H11N5O4S/c1-22(20,21)13-5-6-2-3-7-8(4-6)14-12(19)10-9(11(7)18)15-17-16-10/h2-4,13H,5H2,1H3,(H,14,19)(H,15,16,17). The molecule has 0 unspecified atom stereocenters. The van der Waals surface area contributed by atoms with Crippen LogP contribution in [-0.4, -0.2) is 35.1 Å². The average Bonchev–Trinajstić information content (AvgIpc) is 2.90. The highest BCUT2D eigenvalue weighted by molar-refractivity contribution is 7.88. The van der Waals surface area contributed by atoms with E-state index in [4.69, 9.17) is 0 Å². The van der Waals surface area contributed by atoms with Crippen molar-refractivity contribution in [3.8, 4) is 0 Å². The van der Waals surface area contributed by atoms with E-state index < -0.39 is 21.0 Å². The quantitative estimate of drug-likeness (QED) is 0.578. The Morgan fingerprint density at radius 1 is 1.27 bits per heavy atom. The minimum atomic E-state index is -3.33. The fourth-order valence-corrected chi connectivity index (χ4v) is 2.51. The number of nitrogens with zero attached hydrogens (tertiary/aromatic N) is 2. The number of rotatable bonds is 3. The Kier molecular flexibility index (Phi) is 3.26. The number of hydrogen-bond acceptors (Lipinski definition) is 6. The molecule has 2 aromatic heterocycles. The molecular formula is C12H11N5O4S. The topological polar surface area (TPSA) is 138 Å². The summed E-state index contributed by atoms with van der Waals surface area (Å²) in [6.07, 6.45) is 1.05. The zero-order chi connectivity index (χ0) is 15.9. The van der Waals surface area contributed by atoms with Gasteiger partial charge in [0.25, 0.3) is 5.56 Å². The van der Waals surface area contributed by atoms with Crippen LogP contribution in [0.25, 0.3) is 21.9 Å². The predicted octanol–water partition coefficient (Wildman–Crippen LogP) is -0.791. The van der Waals surface area contributed by atoms with Gasteiger partial charge >= 0.3 is 0 Å². The second kappa shape index (κ2) is 5.00. The van der Waals surface area contributed by atoms with Crippen LogP contribution in [0, 0.1) is 0 Å². The molecule has 9 nitrogen and oxygen atoms in total. The Labute approximate surface area is 123 Å². The van der Waals surface area contributed by atoms with Gasteiger partial charge in [-0.1, -0.05) is 11.3 Å². The lowest BCUT2D eigenvalue weighted by Crippen LogP contribution is -2.21. The highest BCUT2D eigenvalue weighted by Gasteiger charge is 2.10. The Morgan fingerprint density at radius 2 is 2.05 bits per heavy atom. The molecule has 0 fully saturated rings. The van der Waals surface area contributed by atoms with Gasteiger partial charge in [-0.2, -0.15) is 0 Å². The van der Waals surface area contributed by atoms with Gasteiger partial charge in [0.2, 0.25) is 15.5 Å². The van der Waals surface area contributed by atoms with Gasteiger partial charge in [-0.15, -0.1) is 5.10 Å². The second-order valence-electron chi connectivity index (χ2n) is 4.79. The monoisotopic (exact) mass is 321 g/mol. The van der Waals surface area contributed by atoms with Crippen LogP contribution in [0.5, 0.6) is 0 Å². The maximum Gasteiger partial charge on any atom is 0.278 e. The maximum atomic E-state index is 12.3. The van der Waals surface area contributed by atoms with Crippen LogP contribution in [0.3, 0.4) is 0 Å². The molecule has 0 aliphatic heterocycles. The van der Waals surface area contributed by atoms with Crippen molar-refractivity contribution < 1.29 is 8.42 Å². The van der Waals surface area contributed by atoms with E-state index in [1.807, 2.05) is 0 Å². The fourth-order valence-electron chi connectivity index (χ4n) is 2.08. The number of aromatic amines is 2. The van der Waals surface area contributed by atoms with Gasteiger partial charge in [0.15, 0.2) is 5.52 Å². The minimum absolute atomic E-state index is 0.0262. The first-order valence-electron chi connectivity index (χ1n) is 6.20. The van der Waals surface area contributed by atoms with Gasteiger partial charge in [0.1, 0.15) is 5.52 Å². The second-order valence-corrected chi connectivity index (χ2v) is 6.62. The lowest BCUT2D eigenvalue weighted by Gasteiger charge is -2.03. The van der Waals surface area contributed by atoms with E-state index in [-0.39, 0.29) is 23.0 Å². The highest BCUT2D eigenvalue weighted by atomic mass is 32.2. The summed E-state index contributed by atoms with van der Waals surface area (Å²) in [6, 6.07) is 4.67. The van der Waals surface area contributed by atoms with Crippen LogP contribution in [0.4, 0.5) is 0 Å². The molecular weight excluding hydrogens is 310 g/mol. The highest BCUT2D eigenvalue weighted by Crippen LogP contribution is 2.10. The molecule has 10 heteroatoms. The molecule has 0 atom stereocenters. The van der Waals surface area contributed by atoms with Gasteiger partial charge in [-0.05, 0) is 17.7 Å². The summed E-state index contributed by atoms with van der Waals surface area (Å²) in [5.41, 5.74) is -0.0987. The van der Waals surface area contributed by atoms with Gasteiger partial charge in [0, 0.05) is 11.9 Å². The van der Waals surface area contributed by atoms with Crippen LogP contribution >= 0.6 is 0 Å².